The fraction of sp³-hybridized carbons (Fsp3) is 0.435. The zero-order chi connectivity index (χ0) is 28.2. The molecule has 208 valence electrons. The van der Waals surface area contributed by atoms with Crippen LogP contribution in [0.3, 0.4) is 0 Å². The summed E-state index contributed by atoms with van der Waals surface area (Å²) in [4.78, 5) is 56.6. The van der Waals surface area contributed by atoms with Crippen LogP contribution in [0.15, 0.2) is 35.5 Å². The van der Waals surface area contributed by atoms with Crippen molar-refractivity contribution in [2.24, 2.45) is 22.2 Å². The van der Waals surface area contributed by atoms with E-state index in [1.165, 1.54) is 0 Å². The van der Waals surface area contributed by atoms with Gasteiger partial charge in [0.25, 0.3) is 0 Å². The Morgan fingerprint density at radius 2 is 1.55 bits per heavy atom. The first kappa shape index (κ1) is 30.0. The van der Waals surface area contributed by atoms with E-state index in [0.717, 1.165) is 10.9 Å². The molecule has 0 saturated heterocycles. The predicted molar refractivity (Wildman–Crippen MR) is 137 cm³/mol. The average Bonchev–Trinajstić information content (AvgIpc) is 3.30. The van der Waals surface area contributed by atoms with E-state index >= 15 is 0 Å². The normalized spacial score (nSPS) is 14.1. The van der Waals surface area contributed by atoms with Crippen molar-refractivity contribution >= 4 is 40.6 Å². The second-order valence-corrected chi connectivity index (χ2v) is 8.51. The van der Waals surface area contributed by atoms with Crippen molar-refractivity contribution in [3.8, 4) is 0 Å². The molecule has 2 aromatic rings. The van der Waals surface area contributed by atoms with Gasteiger partial charge in [-0.2, -0.15) is 0 Å². The van der Waals surface area contributed by atoms with Gasteiger partial charge >= 0.3 is 5.97 Å². The second-order valence-electron chi connectivity index (χ2n) is 8.51. The number of hydrogen-bond donors (Lipinski definition) is 10. The van der Waals surface area contributed by atoms with Gasteiger partial charge in [0.05, 0.1) is 13.2 Å². The molecule has 38 heavy (non-hydrogen) atoms. The van der Waals surface area contributed by atoms with Crippen LogP contribution < -0.4 is 33.2 Å². The van der Waals surface area contributed by atoms with Crippen molar-refractivity contribution in [1.82, 2.24) is 20.9 Å². The van der Waals surface area contributed by atoms with Gasteiger partial charge in [-0.05, 0) is 24.5 Å². The number of amides is 3. The maximum atomic E-state index is 13.1. The third-order valence-corrected chi connectivity index (χ3v) is 5.64. The van der Waals surface area contributed by atoms with Crippen molar-refractivity contribution in [3.05, 3.63) is 36.0 Å². The van der Waals surface area contributed by atoms with Crippen LogP contribution in [0, 0.1) is 0 Å². The third kappa shape index (κ3) is 8.72. The lowest BCUT2D eigenvalue weighted by Gasteiger charge is -2.24. The minimum Gasteiger partial charge on any atom is -0.480 e. The minimum atomic E-state index is -1.52. The number of carbonyl (C=O) groups is 4. The summed E-state index contributed by atoms with van der Waals surface area (Å²) in [5.74, 6) is -4.06. The lowest BCUT2D eigenvalue weighted by Crippen LogP contribution is -2.58. The number of benzene rings is 1. The lowest BCUT2D eigenvalue weighted by molar-refractivity contribution is -0.142. The summed E-state index contributed by atoms with van der Waals surface area (Å²) < 4.78 is 0. The number of rotatable bonds is 15. The molecule has 0 saturated carbocycles. The van der Waals surface area contributed by atoms with E-state index < -0.39 is 61.1 Å². The van der Waals surface area contributed by atoms with Crippen molar-refractivity contribution in [2.45, 2.75) is 43.4 Å². The number of aromatic amines is 1. The largest absolute Gasteiger partial charge is 0.480 e. The Bertz CT molecular complexity index is 1150. The van der Waals surface area contributed by atoms with Gasteiger partial charge in [-0.25, -0.2) is 4.79 Å². The number of fused-ring (bicyclic) bond motifs is 1. The molecule has 15 heteroatoms. The molecule has 4 atom stereocenters. The molecule has 1 aromatic carbocycles. The van der Waals surface area contributed by atoms with Gasteiger partial charge in [-0.15, -0.1) is 0 Å². The Morgan fingerprint density at radius 1 is 0.921 bits per heavy atom. The van der Waals surface area contributed by atoms with Crippen molar-refractivity contribution in [3.63, 3.8) is 0 Å². The first-order valence-corrected chi connectivity index (χ1v) is 11.8. The van der Waals surface area contributed by atoms with Crippen LogP contribution >= 0.6 is 0 Å². The molecule has 0 radical (unpaired) electrons. The SMILES string of the molecule is NC(N)=NCCCC(NC(=O)C(CO)NC(=O)C(Cc1c[nH]c2ccccc12)NC(=O)C(N)CO)C(=O)O. The molecule has 0 fully saturated rings. The number of guanidine groups is 1. The number of nitrogens with zero attached hydrogens (tertiary/aromatic N) is 1. The molecule has 0 spiro atoms. The van der Waals surface area contributed by atoms with E-state index in [9.17, 15) is 34.5 Å². The van der Waals surface area contributed by atoms with Gasteiger partial charge in [-0.3, -0.25) is 19.4 Å². The maximum absolute atomic E-state index is 13.1. The van der Waals surface area contributed by atoms with Crippen LogP contribution in [0.4, 0.5) is 0 Å². The van der Waals surface area contributed by atoms with E-state index in [4.69, 9.17) is 17.2 Å². The first-order valence-electron chi connectivity index (χ1n) is 11.8. The molecule has 1 aromatic heterocycles. The van der Waals surface area contributed by atoms with E-state index in [1.54, 1.807) is 12.3 Å². The summed E-state index contributed by atoms with van der Waals surface area (Å²) in [6, 6.07) is 1.90. The number of H-pyrrole nitrogens is 1. The van der Waals surface area contributed by atoms with Gasteiger partial charge in [0.15, 0.2) is 5.96 Å². The van der Waals surface area contributed by atoms with Crippen LogP contribution in [0.1, 0.15) is 18.4 Å². The van der Waals surface area contributed by atoms with E-state index in [0.29, 0.717) is 5.56 Å². The number of hydrogen-bond acceptors (Lipinski definition) is 8. The van der Waals surface area contributed by atoms with Gasteiger partial charge in [0.1, 0.15) is 24.2 Å². The van der Waals surface area contributed by atoms with Crippen LogP contribution in [0.5, 0.6) is 0 Å². The standard InChI is InChI=1S/C23H34N8O7/c24-14(10-32)19(34)30-17(8-12-9-28-15-5-2-1-4-13(12)15)20(35)31-18(11-33)21(36)29-16(22(37)38)6-3-7-27-23(25)26/h1-2,4-5,9,14,16-18,28,32-33H,3,6-8,10-11,24H2,(H,29,36)(H,30,34)(H,31,35)(H,37,38)(H4,25,26,27). The number of para-hydroxylation sites is 1. The summed E-state index contributed by atoms with van der Waals surface area (Å²) in [7, 11) is 0. The number of carbonyl (C=O) groups excluding carboxylic acids is 3. The molecule has 3 amide bonds. The zero-order valence-electron chi connectivity index (χ0n) is 20.6. The van der Waals surface area contributed by atoms with Crippen LogP contribution in [0.2, 0.25) is 0 Å². The molecule has 0 aliphatic rings. The van der Waals surface area contributed by atoms with Gasteiger partial charge in [0, 0.05) is 30.1 Å². The fourth-order valence-electron chi connectivity index (χ4n) is 3.59. The Hall–Kier alpha value is -4.21. The summed E-state index contributed by atoms with van der Waals surface area (Å²) in [5.41, 5.74) is 17.5. The third-order valence-electron chi connectivity index (χ3n) is 5.64. The highest BCUT2D eigenvalue weighted by Crippen LogP contribution is 2.19. The molecule has 13 N–H and O–H groups in total. The van der Waals surface area contributed by atoms with E-state index in [1.807, 2.05) is 18.2 Å². The van der Waals surface area contributed by atoms with Gasteiger partial charge in [-0.1, -0.05) is 18.2 Å². The van der Waals surface area contributed by atoms with Crippen LogP contribution in [-0.2, 0) is 25.6 Å². The fourth-order valence-corrected chi connectivity index (χ4v) is 3.59. The smallest absolute Gasteiger partial charge is 0.326 e. The predicted octanol–water partition coefficient (Wildman–Crippen LogP) is -3.39. The highest BCUT2D eigenvalue weighted by Gasteiger charge is 2.30. The number of carboxylic acids is 1. The molecule has 4 unspecified atom stereocenters. The van der Waals surface area contributed by atoms with E-state index in [-0.39, 0.29) is 31.8 Å². The monoisotopic (exact) mass is 534 g/mol. The molecule has 0 aliphatic heterocycles. The number of nitrogens with one attached hydrogen (secondary N) is 4. The maximum Gasteiger partial charge on any atom is 0.326 e. The Kier molecular flexibility index (Phi) is 11.5. The van der Waals surface area contributed by atoms with Crippen molar-refractivity contribution < 1.29 is 34.5 Å². The molecule has 0 aliphatic carbocycles. The molecule has 15 nitrogen and oxygen atoms in total. The topological polar surface area (TPSA) is 271 Å². The Balaban J connectivity index is 2.15. The Morgan fingerprint density at radius 3 is 2.18 bits per heavy atom. The van der Waals surface area contributed by atoms with Crippen molar-refractivity contribution in [2.75, 3.05) is 19.8 Å². The first-order chi connectivity index (χ1) is 18.1. The zero-order valence-corrected chi connectivity index (χ0v) is 20.6. The quantitative estimate of drug-likeness (QED) is 0.0614. The second kappa shape index (κ2) is 14.5. The molecular weight excluding hydrogens is 500 g/mol. The number of aromatic nitrogens is 1. The molecule has 2 rings (SSSR count). The molecule has 0 bridgehead atoms. The number of carboxylic acid groups (broad SMARTS) is 1. The van der Waals surface area contributed by atoms with E-state index in [2.05, 4.69) is 25.9 Å². The van der Waals surface area contributed by atoms with Crippen LogP contribution in [0.25, 0.3) is 10.9 Å². The number of aliphatic carboxylic acids is 1. The summed E-state index contributed by atoms with van der Waals surface area (Å²) >= 11 is 0. The molecule has 1 heterocycles. The average molecular weight is 535 g/mol. The number of aliphatic hydroxyl groups is 2. The van der Waals surface area contributed by atoms with Crippen LogP contribution in [-0.4, -0.2) is 93.9 Å². The van der Waals surface area contributed by atoms with Gasteiger partial charge in [0.2, 0.25) is 17.7 Å². The summed E-state index contributed by atoms with van der Waals surface area (Å²) in [5, 5.41) is 36.2. The number of aliphatic hydroxyl groups excluding tert-OH is 2. The minimum absolute atomic E-state index is 0.0117. The molecular formula is C23H34N8O7. The summed E-state index contributed by atoms with van der Waals surface area (Å²) in [6.07, 6.45) is 1.89. The Labute approximate surface area is 217 Å². The lowest BCUT2D eigenvalue weighted by atomic mass is 10.0. The number of nitrogens with two attached hydrogens (primary N) is 3. The summed E-state index contributed by atoms with van der Waals surface area (Å²) in [6.45, 7) is -1.36. The van der Waals surface area contributed by atoms with Gasteiger partial charge < -0.3 is 53.5 Å². The van der Waals surface area contributed by atoms with Crippen molar-refractivity contribution in [1.29, 1.82) is 0 Å². The highest BCUT2D eigenvalue weighted by atomic mass is 16.4. The highest BCUT2D eigenvalue weighted by molar-refractivity contribution is 5.95. The number of aliphatic imine (C=N–C) groups is 1.